The van der Waals surface area contributed by atoms with E-state index in [0.29, 0.717) is 24.0 Å². The summed E-state index contributed by atoms with van der Waals surface area (Å²) < 4.78 is 83.3. The highest BCUT2D eigenvalue weighted by Gasteiger charge is 2.62. The van der Waals surface area contributed by atoms with E-state index in [1.54, 1.807) is 39.0 Å². The molecule has 3 N–H and O–H groups in total. The van der Waals surface area contributed by atoms with Gasteiger partial charge in [-0.25, -0.2) is 30.8 Å². The Bertz CT molecular complexity index is 2480. The Labute approximate surface area is 362 Å². The molecule has 0 spiro atoms. The SMILES string of the molecule is CC(C)(C)OC(=O)N[C@H]1CN(S(=O)(=O)c2ccccc2[N+](=O)[O-])CCCC=C[C@@H]2C[C@@]2(C(=O)NS(=O)(=O)C2CC2)NC(=O)C2CC(OC(=O)N3Cc4cccc(F)c4C3)CN2C1=O. The van der Waals surface area contributed by atoms with Crippen molar-refractivity contribution < 1.29 is 59.6 Å². The minimum Gasteiger partial charge on any atom is -0.444 e. The predicted octanol–water partition coefficient (Wildman–Crippen LogP) is 2.57. The summed E-state index contributed by atoms with van der Waals surface area (Å²) in [6.07, 6.45) is 0.487. The van der Waals surface area contributed by atoms with Crippen LogP contribution < -0.4 is 15.4 Å². The Morgan fingerprint density at radius 3 is 2.43 bits per heavy atom. The van der Waals surface area contributed by atoms with Crippen LogP contribution in [0.15, 0.2) is 59.5 Å². The molecule has 3 fully saturated rings. The van der Waals surface area contributed by atoms with Crippen molar-refractivity contribution in [2.24, 2.45) is 5.92 Å². The van der Waals surface area contributed by atoms with Crippen molar-refractivity contribution in [1.82, 2.24) is 29.5 Å². The van der Waals surface area contributed by atoms with Crippen molar-refractivity contribution in [3.05, 3.63) is 81.7 Å². The summed E-state index contributed by atoms with van der Waals surface area (Å²) >= 11 is 0. The van der Waals surface area contributed by atoms with E-state index < -0.39 is 125 Å². The summed E-state index contributed by atoms with van der Waals surface area (Å²) in [4.78, 5) is 82.9. The average Bonchev–Trinajstić information content (AvgIpc) is 4.09. The van der Waals surface area contributed by atoms with Gasteiger partial charge < -0.3 is 25.0 Å². The Morgan fingerprint density at radius 1 is 1.02 bits per heavy atom. The third-order valence-corrected chi connectivity index (χ3v) is 15.2. The standard InChI is InChI=1S/C40H48FN7O13S2/c1-39(2,3)61-37(52)42-30-23-46(63(58,59)33-14-7-6-13-31(33)48(54)55)17-8-4-5-11-25-19-40(25,36(51)44-62(56,57)27-15-16-27)43-34(49)32-18-26(21-47(32)35(30)50)60-38(53)45-20-24-10-9-12-29(41)28(24)22-45/h5-7,9-14,25-27,30,32H,4,8,15-23H2,1-3H3,(H,42,52)(H,43,49)(H,44,51)/t25-,26?,30+,32?,40-/m1/s1. The largest absolute Gasteiger partial charge is 0.444 e. The Kier molecular flexibility index (Phi) is 12.3. The summed E-state index contributed by atoms with van der Waals surface area (Å²) in [7, 11) is -8.88. The van der Waals surface area contributed by atoms with Crippen LogP contribution in [0.4, 0.5) is 19.7 Å². The number of carbonyl (C=O) groups is 5. The number of carbonyl (C=O) groups excluding carboxylic acids is 5. The Hall–Kier alpha value is -5.68. The van der Waals surface area contributed by atoms with Gasteiger partial charge in [-0.05, 0) is 70.6 Å². The highest BCUT2D eigenvalue weighted by atomic mass is 32.2. The zero-order valence-electron chi connectivity index (χ0n) is 34.7. The molecular formula is C40H48FN7O13S2. The van der Waals surface area contributed by atoms with Gasteiger partial charge in [-0.3, -0.25) is 34.1 Å². The number of amides is 5. The molecule has 2 saturated carbocycles. The lowest BCUT2D eigenvalue weighted by Gasteiger charge is -2.32. The van der Waals surface area contributed by atoms with Crippen LogP contribution in [-0.4, -0.2) is 120 Å². The molecule has 0 aromatic heterocycles. The normalized spacial score (nSPS) is 25.7. The third-order valence-electron chi connectivity index (χ3n) is 11.5. The molecule has 2 unspecified atom stereocenters. The van der Waals surface area contributed by atoms with Crippen LogP contribution in [0.25, 0.3) is 0 Å². The molecule has 0 bridgehead atoms. The molecule has 63 heavy (non-hydrogen) atoms. The molecule has 5 aliphatic rings. The van der Waals surface area contributed by atoms with Gasteiger partial charge in [0.15, 0.2) is 4.90 Å². The maximum absolute atomic E-state index is 14.9. The second-order valence-corrected chi connectivity index (χ2v) is 21.2. The molecule has 5 atom stereocenters. The van der Waals surface area contributed by atoms with E-state index >= 15 is 0 Å². The van der Waals surface area contributed by atoms with Gasteiger partial charge in [-0.15, -0.1) is 0 Å². The first kappa shape index (κ1) is 45.3. The van der Waals surface area contributed by atoms with Crippen LogP contribution in [-0.2, 0) is 57.0 Å². The zero-order valence-corrected chi connectivity index (χ0v) is 36.3. The molecule has 5 amide bonds. The fourth-order valence-electron chi connectivity index (χ4n) is 8.03. The summed E-state index contributed by atoms with van der Waals surface area (Å²) in [5.74, 6) is -4.23. The number of benzene rings is 2. The highest BCUT2D eigenvalue weighted by Crippen LogP contribution is 2.46. The molecule has 0 radical (unpaired) electrons. The number of hydrogen-bond acceptors (Lipinski definition) is 13. The number of hydrogen-bond donors (Lipinski definition) is 3. The predicted molar refractivity (Wildman–Crippen MR) is 218 cm³/mol. The van der Waals surface area contributed by atoms with E-state index in [1.807, 2.05) is 0 Å². The lowest BCUT2D eigenvalue weighted by Crippen LogP contribution is -2.60. The van der Waals surface area contributed by atoms with Crippen LogP contribution in [0, 0.1) is 21.8 Å². The van der Waals surface area contributed by atoms with E-state index in [4.69, 9.17) is 9.47 Å². The molecule has 2 aromatic rings. The number of fused-ring (bicyclic) bond motifs is 3. The number of rotatable bonds is 8. The van der Waals surface area contributed by atoms with Gasteiger partial charge in [0, 0.05) is 43.6 Å². The number of para-hydroxylation sites is 1. The van der Waals surface area contributed by atoms with Crippen molar-refractivity contribution in [2.45, 2.75) is 112 Å². The molecule has 23 heteroatoms. The summed E-state index contributed by atoms with van der Waals surface area (Å²) in [5.41, 5.74) is -2.78. The van der Waals surface area contributed by atoms with Crippen molar-refractivity contribution >= 4 is 55.6 Å². The topological polar surface area (TPSA) is 261 Å². The first-order valence-electron chi connectivity index (χ1n) is 20.4. The smallest absolute Gasteiger partial charge is 0.410 e. The van der Waals surface area contributed by atoms with E-state index in [2.05, 4.69) is 15.4 Å². The number of nitro groups is 1. The van der Waals surface area contributed by atoms with Crippen molar-refractivity contribution in [3.8, 4) is 0 Å². The minimum atomic E-state index is -4.80. The quantitative estimate of drug-likeness (QED) is 0.196. The van der Waals surface area contributed by atoms with E-state index in [0.717, 1.165) is 21.3 Å². The fraction of sp³-hybridized carbons (Fsp3) is 0.525. The lowest BCUT2D eigenvalue weighted by molar-refractivity contribution is -0.387. The van der Waals surface area contributed by atoms with Crippen molar-refractivity contribution in [2.75, 3.05) is 19.6 Å². The number of halogens is 1. The highest BCUT2D eigenvalue weighted by molar-refractivity contribution is 7.91. The summed E-state index contributed by atoms with van der Waals surface area (Å²) in [5, 5.41) is 16.3. The van der Waals surface area contributed by atoms with Crippen molar-refractivity contribution in [1.29, 1.82) is 0 Å². The molecule has 2 aliphatic carbocycles. The first-order valence-corrected chi connectivity index (χ1v) is 23.4. The van der Waals surface area contributed by atoms with Gasteiger partial charge in [0.2, 0.25) is 31.9 Å². The molecule has 1 saturated heterocycles. The van der Waals surface area contributed by atoms with Gasteiger partial charge in [-0.1, -0.05) is 36.4 Å². The second kappa shape index (κ2) is 17.1. The number of alkyl carbamates (subject to hydrolysis) is 1. The minimum absolute atomic E-state index is 0.00722. The van der Waals surface area contributed by atoms with Crippen LogP contribution >= 0.6 is 0 Å². The van der Waals surface area contributed by atoms with Crippen LogP contribution in [0.2, 0.25) is 0 Å². The van der Waals surface area contributed by atoms with Gasteiger partial charge in [-0.2, -0.15) is 4.31 Å². The number of nitro benzene ring substituents is 1. The van der Waals surface area contributed by atoms with E-state index in [9.17, 15) is 55.3 Å². The molecule has 2 aromatic carbocycles. The van der Waals surface area contributed by atoms with Gasteiger partial charge in [0.25, 0.3) is 11.6 Å². The van der Waals surface area contributed by atoms with Crippen LogP contribution in [0.3, 0.4) is 0 Å². The summed E-state index contributed by atoms with van der Waals surface area (Å²) in [6, 6.07) is 5.65. The molecule has 7 rings (SSSR count). The third kappa shape index (κ3) is 9.78. The number of sulfonamides is 2. The van der Waals surface area contributed by atoms with Gasteiger partial charge in [0.1, 0.15) is 35.1 Å². The van der Waals surface area contributed by atoms with E-state index in [-0.39, 0.29) is 45.3 Å². The Balaban J connectivity index is 1.25. The number of allylic oxidation sites excluding steroid dienone is 1. The maximum atomic E-state index is 14.9. The number of ether oxygens (including phenoxy) is 2. The Morgan fingerprint density at radius 2 is 1.75 bits per heavy atom. The first-order chi connectivity index (χ1) is 29.6. The summed E-state index contributed by atoms with van der Waals surface area (Å²) in [6.45, 7) is 2.89. The molecular weight excluding hydrogens is 870 g/mol. The van der Waals surface area contributed by atoms with Gasteiger partial charge in [0.05, 0.1) is 23.3 Å². The second-order valence-electron chi connectivity index (χ2n) is 17.3. The van der Waals surface area contributed by atoms with Crippen molar-refractivity contribution in [3.63, 3.8) is 0 Å². The molecule has 3 aliphatic heterocycles. The van der Waals surface area contributed by atoms with Crippen LogP contribution in [0.5, 0.6) is 0 Å². The van der Waals surface area contributed by atoms with E-state index in [1.165, 1.54) is 29.2 Å². The zero-order chi connectivity index (χ0) is 45.6. The lowest BCUT2D eigenvalue weighted by atomic mass is 10.1. The molecule has 3 heterocycles. The maximum Gasteiger partial charge on any atom is 0.410 e. The monoisotopic (exact) mass is 917 g/mol. The molecule has 340 valence electrons. The molecule has 20 nitrogen and oxygen atoms in total. The average molecular weight is 918 g/mol. The van der Waals surface area contributed by atoms with Crippen LogP contribution in [0.1, 0.15) is 70.4 Å². The number of nitrogens with one attached hydrogen (secondary N) is 3. The number of nitrogens with zero attached hydrogens (tertiary/aromatic N) is 4. The van der Waals surface area contributed by atoms with Gasteiger partial charge >= 0.3 is 12.2 Å². The fourth-order valence-corrected chi connectivity index (χ4v) is 11.0.